The Bertz CT molecular complexity index is 679. The van der Waals surface area contributed by atoms with Crippen molar-refractivity contribution in [1.29, 1.82) is 0 Å². The van der Waals surface area contributed by atoms with Crippen LogP contribution in [0.15, 0.2) is 30.3 Å². The number of para-hydroxylation sites is 1. The van der Waals surface area contributed by atoms with Crippen LogP contribution in [0.1, 0.15) is 12.6 Å². The van der Waals surface area contributed by atoms with Crippen molar-refractivity contribution in [3.63, 3.8) is 0 Å². The molecule has 1 aromatic carbocycles. The average Bonchev–Trinajstić information content (AvgIpc) is 2.79. The summed E-state index contributed by atoms with van der Waals surface area (Å²) >= 11 is 0. The summed E-state index contributed by atoms with van der Waals surface area (Å²) in [6.45, 7) is 3.68. The predicted octanol–water partition coefficient (Wildman–Crippen LogP) is 2.33. The number of carbonyl (C=O) groups excluding carboxylic acids is 1. The fourth-order valence-corrected chi connectivity index (χ4v) is 2.06. The molecular formula is C14H15N3O4. The second-order valence-corrected chi connectivity index (χ2v) is 4.41. The molecule has 0 aliphatic heterocycles. The maximum atomic E-state index is 11.6. The molecule has 7 heteroatoms. The third-order valence-electron chi connectivity index (χ3n) is 2.86. The van der Waals surface area contributed by atoms with Gasteiger partial charge in [0.2, 0.25) is 0 Å². The third kappa shape index (κ3) is 3.25. The number of nitro groups is 1. The van der Waals surface area contributed by atoms with E-state index in [-0.39, 0.29) is 18.8 Å². The third-order valence-corrected chi connectivity index (χ3v) is 2.86. The van der Waals surface area contributed by atoms with E-state index >= 15 is 0 Å². The minimum Gasteiger partial charge on any atom is -0.465 e. The average molecular weight is 289 g/mol. The molecule has 0 atom stereocenters. The number of rotatable bonds is 5. The molecule has 0 unspecified atom stereocenters. The number of esters is 1. The van der Waals surface area contributed by atoms with Crippen LogP contribution in [0.5, 0.6) is 0 Å². The van der Waals surface area contributed by atoms with Crippen LogP contribution in [0.25, 0.3) is 11.3 Å². The Morgan fingerprint density at radius 1 is 1.43 bits per heavy atom. The molecule has 0 N–H and O–H groups in total. The summed E-state index contributed by atoms with van der Waals surface area (Å²) in [6, 6.07) is 8.07. The number of hydrogen-bond donors (Lipinski definition) is 0. The highest BCUT2D eigenvalue weighted by Gasteiger charge is 2.19. The fraction of sp³-hybridized carbons (Fsp3) is 0.286. The minimum absolute atomic E-state index is 0.0255. The van der Waals surface area contributed by atoms with Gasteiger partial charge in [-0.05, 0) is 26.0 Å². The largest absolute Gasteiger partial charge is 0.465 e. The van der Waals surface area contributed by atoms with Gasteiger partial charge in [-0.1, -0.05) is 12.1 Å². The molecule has 0 fully saturated rings. The van der Waals surface area contributed by atoms with E-state index in [2.05, 4.69) is 5.10 Å². The van der Waals surface area contributed by atoms with Crippen molar-refractivity contribution < 1.29 is 14.5 Å². The van der Waals surface area contributed by atoms with E-state index in [0.29, 0.717) is 17.0 Å². The lowest BCUT2D eigenvalue weighted by molar-refractivity contribution is -0.384. The Labute approximate surface area is 121 Å². The summed E-state index contributed by atoms with van der Waals surface area (Å²) in [7, 11) is 0. The number of ether oxygens (including phenoxy) is 1. The maximum absolute atomic E-state index is 11.6. The van der Waals surface area contributed by atoms with Crippen molar-refractivity contribution in [1.82, 2.24) is 9.78 Å². The lowest BCUT2D eigenvalue weighted by Gasteiger charge is -2.07. The molecular weight excluding hydrogens is 274 g/mol. The molecule has 0 saturated carbocycles. The van der Waals surface area contributed by atoms with Gasteiger partial charge in [-0.3, -0.25) is 19.6 Å². The molecule has 1 heterocycles. The van der Waals surface area contributed by atoms with Gasteiger partial charge in [0, 0.05) is 6.07 Å². The van der Waals surface area contributed by atoms with Crippen LogP contribution in [0, 0.1) is 17.0 Å². The highest BCUT2D eigenvalue weighted by atomic mass is 16.6. The van der Waals surface area contributed by atoms with Gasteiger partial charge in [0.15, 0.2) is 0 Å². The Hall–Kier alpha value is -2.70. The summed E-state index contributed by atoms with van der Waals surface area (Å²) in [6.07, 6.45) is 0. The van der Waals surface area contributed by atoms with Crippen LogP contribution < -0.4 is 0 Å². The molecule has 1 aromatic heterocycles. The van der Waals surface area contributed by atoms with Gasteiger partial charge in [-0.15, -0.1) is 0 Å². The van der Waals surface area contributed by atoms with E-state index in [1.807, 2.05) is 0 Å². The van der Waals surface area contributed by atoms with Crippen molar-refractivity contribution >= 4 is 11.7 Å². The van der Waals surface area contributed by atoms with Crippen LogP contribution in [-0.2, 0) is 16.1 Å². The molecule has 110 valence electrons. The Balaban J connectivity index is 2.45. The van der Waals surface area contributed by atoms with Crippen LogP contribution >= 0.6 is 0 Å². The van der Waals surface area contributed by atoms with Crippen molar-refractivity contribution in [3.8, 4) is 11.3 Å². The first kappa shape index (κ1) is 14.7. The number of carbonyl (C=O) groups is 1. The van der Waals surface area contributed by atoms with E-state index in [1.165, 1.54) is 10.7 Å². The molecule has 0 spiro atoms. The van der Waals surface area contributed by atoms with Gasteiger partial charge in [0.25, 0.3) is 5.69 Å². The van der Waals surface area contributed by atoms with Crippen molar-refractivity contribution in [2.45, 2.75) is 20.4 Å². The zero-order valence-electron chi connectivity index (χ0n) is 11.8. The van der Waals surface area contributed by atoms with E-state index in [4.69, 9.17) is 4.74 Å². The SMILES string of the molecule is CCOC(=O)Cn1nc(C)cc1-c1ccccc1[N+](=O)[O-]. The lowest BCUT2D eigenvalue weighted by atomic mass is 10.1. The van der Waals surface area contributed by atoms with Gasteiger partial charge in [0.05, 0.1) is 28.5 Å². The minimum atomic E-state index is -0.452. The van der Waals surface area contributed by atoms with Crippen molar-refractivity contribution in [2.24, 2.45) is 0 Å². The normalized spacial score (nSPS) is 10.4. The maximum Gasteiger partial charge on any atom is 0.327 e. The molecule has 0 radical (unpaired) electrons. The molecule has 7 nitrogen and oxygen atoms in total. The Kier molecular flexibility index (Phi) is 4.32. The zero-order valence-corrected chi connectivity index (χ0v) is 11.8. The summed E-state index contributed by atoms with van der Waals surface area (Å²) < 4.78 is 6.32. The van der Waals surface area contributed by atoms with Crippen LogP contribution in [0.4, 0.5) is 5.69 Å². The van der Waals surface area contributed by atoms with Crippen molar-refractivity contribution in [3.05, 3.63) is 46.1 Å². The highest BCUT2D eigenvalue weighted by molar-refractivity contribution is 5.74. The van der Waals surface area contributed by atoms with E-state index in [9.17, 15) is 14.9 Å². The lowest BCUT2D eigenvalue weighted by Crippen LogP contribution is -2.15. The summed E-state index contributed by atoms with van der Waals surface area (Å²) in [5.41, 5.74) is 1.59. The molecule has 2 aromatic rings. The summed E-state index contributed by atoms with van der Waals surface area (Å²) in [4.78, 5) is 22.3. The molecule has 2 rings (SSSR count). The predicted molar refractivity (Wildman–Crippen MR) is 75.7 cm³/mol. The van der Waals surface area contributed by atoms with Gasteiger partial charge < -0.3 is 4.74 Å². The number of nitrogens with zero attached hydrogens (tertiary/aromatic N) is 3. The molecule has 0 saturated heterocycles. The number of benzene rings is 1. The second-order valence-electron chi connectivity index (χ2n) is 4.41. The standard InChI is InChI=1S/C14H15N3O4/c1-3-21-14(18)9-16-13(8-10(2)15-16)11-6-4-5-7-12(11)17(19)20/h4-8H,3,9H2,1-2H3. The van der Waals surface area contributed by atoms with Gasteiger partial charge in [-0.25, -0.2) is 0 Å². The van der Waals surface area contributed by atoms with Gasteiger partial charge in [0.1, 0.15) is 6.54 Å². The Morgan fingerprint density at radius 3 is 2.81 bits per heavy atom. The Morgan fingerprint density at radius 2 is 2.14 bits per heavy atom. The first-order valence-electron chi connectivity index (χ1n) is 6.46. The fourth-order valence-electron chi connectivity index (χ4n) is 2.06. The second kappa shape index (κ2) is 6.17. The molecule has 21 heavy (non-hydrogen) atoms. The molecule has 0 aliphatic carbocycles. The zero-order chi connectivity index (χ0) is 15.4. The van der Waals surface area contributed by atoms with E-state index < -0.39 is 10.9 Å². The molecule has 0 aliphatic rings. The van der Waals surface area contributed by atoms with Gasteiger partial charge in [-0.2, -0.15) is 5.10 Å². The monoisotopic (exact) mass is 289 g/mol. The number of aryl methyl sites for hydroxylation is 1. The smallest absolute Gasteiger partial charge is 0.327 e. The number of aromatic nitrogens is 2. The van der Waals surface area contributed by atoms with Crippen LogP contribution in [-0.4, -0.2) is 27.3 Å². The quantitative estimate of drug-likeness (QED) is 0.479. The topological polar surface area (TPSA) is 87.3 Å². The summed E-state index contributed by atoms with van der Waals surface area (Å²) in [5, 5.41) is 15.3. The first-order chi connectivity index (χ1) is 10.0. The summed E-state index contributed by atoms with van der Waals surface area (Å²) in [5.74, 6) is -0.430. The van der Waals surface area contributed by atoms with Crippen molar-refractivity contribution in [2.75, 3.05) is 6.61 Å². The van der Waals surface area contributed by atoms with E-state index in [0.717, 1.165) is 0 Å². The van der Waals surface area contributed by atoms with E-state index in [1.54, 1.807) is 38.1 Å². The first-order valence-corrected chi connectivity index (χ1v) is 6.46. The highest BCUT2D eigenvalue weighted by Crippen LogP contribution is 2.29. The number of hydrogen-bond acceptors (Lipinski definition) is 5. The number of nitro benzene ring substituents is 1. The molecule has 0 bridgehead atoms. The van der Waals surface area contributed by atoms with Crippen LogP contribution in [0.3, 0.4) is 0 Å². The molecule has 0 amide bonds. The van der Waals surface area contributed by atoms with Crippen LogP contribution in [0.2, 0.25) is 0 Å². The van der Waals surface area contributed by atoms with Gasteiger partial charge >= 0.3 is 5.97 Å².